The summed E-state index contributed by atoms with van der Waals surface area (Å²) in [5.74, 6) is 6.20. The smallest absolute Gasteiger partial charge is 0.265 e. The lowest BCUT2D eigenvalue weighted by Crippen LogP contribution is -2.32. The molecule has 2 aromatic carbocycles. The average Bonchev–Trinajstić information content (AvgIpc) is 2.64. The van der Waals surface area contributed by atoms with E-state index < -0.39 is 0 Å². The van der Waals surface area contributed by atoms with Crippen molar-refractivity contribution in [3.63, 3.8) is 0 Å². The number of rotatable bonds is 5. The summed E-state index contributed by atoms with van der Waals surface area (Å²) in [6, 6.07) is 14.8. The number of benzene rings is 2. The van der Waals surface area contributed by atoms with Gasteiger partial charge in [-0.15, -0.1) is 0 Å². The Bertz CT molecular complexity index is 665. The first-order valence-electron chi connectivity index (χ1n) is 7.92. The summed E-state index contributed by atoms with van der Waals surface area (Å²) in [6.07, 6.45) is 1.08. The summed E-state index contributed by atoms with van der Waals surface area (Å²) in [7, 11) is 0. The molecule has 1 aliphatic heterocycles. The predicted octanol–water partition coefficient (Wildman–Crippen LogP) is 2.26. The normalized spacial score (nSPS) is 15.0. The maximum absolute atomic E-state index is 11.4. The van der Waals surface area contributed by atoms with Gasteiger partial charge in [-0.2, -0.15) is 0 Å². The van der Waals surface area contributed by atoms with Crippen molar-refractivity contribution < 1.29 is 14.3 Å². The quantitative estimate of drug-likeness (QED) is 0.500. The van der Waals surface area contributed by atoms with E-state index in [1.54, 1.807) is 24.3 Å². The standard InChI is InChI=1S/C18H21N3O3/c19-20-18(22)15-4-8-17(9-5-15)24-16-6-2-14(3-7-16)12-21-10-1-11-23-13-21/h2-9H,1,10-13,19H2,(H,20,22). The highest BCUT2D eigenvalue weighted by molar-refractivity contribution is 5.93. The van der Waals surface area contributed by atoms with Crippen LogP contribution in [0, 0.1) is 0 Å². The number of ether oxygens (including phenoxy) is 2. The van der Waals surface area contributed by atoms with Crippen LogP contribution < -0.4 is 16.0 Å². The van der Waals surface area contributed by atoms with E-state index in [-0.39, 0.29) is 5.91 Å². The molecular formula is C18H21N3O3. The van der Waals surface area contributed by atoms with Crippen molar-refractivity contribution in [1.82, 2.24) is 10.3 Å². The Labute approximate surface area is 141 Å². The minimum atomic E-state index is -0.326. The Morgan fingerprint density at radius 2 is 1.79 bits per heavy atom. The molecule has 0 bridgehead atoms. The molecule has 0 saturated carbocycles. The number of nitrogens with one attached hydrogen (secondary N) is 1. The Morgan fingerprint density at radius 1 is 1.12 bits per heavy atom. The lowest BCUT2D eigenvalue weighted by Gasteiger charge is -2.26. The zero-order valence-corrected chi connectivity index (χ0v) is 13.4. The maximum atomic E-state index is 11.4. The molecule has 0 aliphatic carbocycles. The fourth-order valence-corrected chi connectivity index (χ4v) is 2.59. The van der Waals surface area contributed by atoms with Crippen LogP contribution in [0.3, 0.4) is 0 Å². The first kappa shape index (κ1) is 16.4. The average molecular weight is 327 g/mol. The fraction of sp³-hybridized carbons (Fsp3) is 0.278. The van der Waals surface area contributed by atoms with Crippen molar-refractivity contribution in [2.24, 2.45) is 5.84 Å². The Hall–Kier alpha value is -2.41. The van der Waals surface area contributed by atoms with Crippen LogP contribution in [-0.2, 0) is 11.3 Å². The second-order valence-electron chi connectivity index (χ2n) is 5.69. The van der Waals surface area contributed by atoms with E-state index in [0.717, 1.165) is 31.9 Å². The summed E-state index contributed by atoms with van der Waals surface area (Å²) in [5.41, 5.74) is 3.81. The van der Waals surface area contributed by atoms with Crippen LogP contribution in [-0.4, -0.2) is 30.7 Å². The van der Waals surface area contributed by atoms with Gasteiger partial charge in [-0.3, -0.25) is 15.1 Å². The van der Waals surface area contributed by atoms with Gasteiger partial charge in [0.1, 0.15) is 11.5 Å². The molecule has 0 aromatic heterocycles. The summed E-state index contributed by atoms with van der Waals surface area (Å²) < 4.78 is 11.2. The number of nitrogens with two attached hydrogens (primary N) is 1. The van der Waals surface area contributed by atoms with Gasteiger partial charge in [0.2, 0.25) is 0 Å². The van der Waals surface area contributed by atoms with Crippen LogP contribution in [0.1, 0.15) is 22.3 Å². The minimum absolute atomic E-state index is 0.326. The molecule has 0 unspecified atom stereocenters. The van der Waals surface area contributed by atoms with Gasteiger partial charge < -0.3 is 9.47 Å². The maximum Gasteiger partial charge on any atom is 0.265 e. The van der Waals surface area contributed by atoms with E-state index in [1.165, 1.54) is 5.56 Å². The van der Waals surface area contributed by atoms with Gasteiger partial charge in [-0.25, -0.2) is 5.84 Å². The lowest BCUT2D eigenvalue weighted by atomic mass is 10.2. The molecule has 6 nitrogen and oxygen atoms in total. The molecule has 0 spiro atoms. The number of nitrogens with zero attached hydrogens (tertiary/aromatic N) is 1. The number of hydrogen-bond acceptors (Lipinski definition) is 5. The summed E-state index contributed by atoms with van der Waals surface area (Å²) >= 11 is 0. The van der Waals surface area contributed by atoms with E-state index >= 15 is 0 Å². The Morgan fingerprint density at radius 3 is 2.38 bits per heavy atom. The van der Waals surface area contributed by atoms with E-state index in [0.29, 0.717) is 18.0 Å². The highest BCUT2D eigenvalue weighted by Crippen LogP contribution is 2.22. The van der Waals surface area contributed by atoms with Crippen LogP contribution in [0.5, 0.6) is 11.5 Å². The van der Waals surface area contributed by atoms with Gasteiger partial charge in [0, 0.05) is 25.3 Å². The van der Waals surface area contributed by atoms with Crippen molar-refractivity contribution >= 4 is 5.91 Å². The highest BCUT2D eigenvalue weighted by atomic mass is 16.5. The molecular weight excluding hydrogens is 306 g/mol. The van der Waals surface area contributed by atoms with Crippen molar-refractivity contribution in [3.8, 4) is 11.5 Å². The fourth-order valence-electron chi connectivity index (χ4n) is 2.59. The molecule has 6 heteroatoms. The monoisotopic (exact) mass is 327 g/mol. The number of carbonyl (C=O) groups excluding carboxylic acids is 1. The van der Waals surface area contributed by atoms with Crippen molar-refractivity contribution in [1.29, 1.82) is 0 Å². The lowest BCUT2D eigenvalue weighted by molar-refractivity contribution is -0.0176. The third kappa shape index (κ3) is 4.32. The molecule has 0 radical (unpaired) electrons. The summed E-state index contributed by atoms with van der Waals surface area (Å²) in [5, 5.41) is 0. The molecule has 0 atom stereocenters. The second kappa shape index (κ2) is 7.92. The van der Waals surface area contributed by atoms with Crippen LogP contribution >= 0.6 is 0 Å². The molecule has 1 amide bonds. The van der Waals surface area contributed by atoms with Gasteiger partial charge in [0.25, 0.3) is 5.91 Å². The van der Waals surface area contributed by atoms with Gasteiger partial charge in [0.05, 0.1) is 6.73 Å². The Balaban J connectivity index is 1.58. The topological polar surface area (TPSA) is 76.8 Å². The largest absolute Gasteiger partial charge is 0.457 e. The molecule has 3 rings (SSSR count). The third-order valence-corrected chi connectivity index (χ3v) is 3.85. The van der Waals surface area contributed by atoms with Crippen LogP contribution in [0.4, 0.5) is 0 Å². The number of hydrogen-bond donors (Lipinski definition) is 2. The first-order chi connectivity index (χ1) is 11.7. The van der Waals surface area contributed by atoms with Crippen molar-refractivity contribution in [2.75, 3.05) is 19.9 Å². The highest BCUT2D eigenvalue weighted by Gasteiger charge is 2.10. The van der Waals surface area contributed by atoms with Gasteiger partial charge in [-0.05, 0) is 48.4 Å². The number of amides is 1. The molecule has 3 N–H and O–H groups in total. The van der Waals surface area contributed by atoms with E-state index in [9.17, 15) is 4.79 Å². The predicted molar refractivity (Wildman–Crippen MR) is 90.5 cm³/mol. The first-order valence-corrected chi connectivity index (χ1v) is 7.92. The molecule has 24 heavy (non-hydrogen) atoms. The zero-order chi connectivity index (χ0) is 16.8. The number of carbonyl (C=O) groups is 1. The van der Waals surface area contributed by atoms with Crippen molar-refractivity contribution in [2.45, 2.75) is 13.0 Å². The summed E-state index contributed by atoms with van der Waals surface area (Å²) in [4.78, 5) is 13.7. The molecule has 126 valence electrons. The number of hydrazine groups is 1. The summed E-state index contributed by atoms with van der Waals surface area (Å²) in [6.45, 7) is 3.50. The van der Waals surface area contributed by atoms with Crippen molar-refractivity contribution in [3.05, 3.63) is 59.7 Å². The second-order valence-corrected chi connectivity index (χ2v) is 5.69. The van der Waals surface area contributed by atoms with E-state index in [1.807, 2.05) is 12.1 Å². The van der Waals surface area contributed by atoms with Gasteiger partial charge >= 0.3 is 0 Å². The zero-order valence-electron chi connectivity index (χ0n) is 13.4. The third-order valence-electron chi connectivity index (χ3n) is 3.85. The van der Waals surface area contributed by atoms with Crippen LogP contribution in [0.2, 0.25) is 0 Å². The molecule has 1 heterocycles. The molecule has 2 aromatic rings. The minimum Gasteiger partial charge on any atom is -0.457 e. The number of nitrogen functional groups attached to an aromatic ring is 1. The van der Waals surface area contributed by atoms with Crippen LogP contribution in [0.25, 0.3) is 0 Å². The van der Waals surface area contributed by atoms with Crippen LogP contribution in [0.15, 0.2) is 48.5 Å². The molecule has 1 fully saturated rings. The van der Waals surface area contributed by atoms with E-state index in [2.05, 4.69) is 22.5 Å². The Kier molecular flexibility index (Phi) is 5.43. The SMILES string of the molecule is NNC(=O)c1ccc(Oc2ccc(CN3CCCOC3)cc2)cc1. The van der Waals surface area contributed by atoms with Gasteiger partial charge in [-0.1, -0.05) is 12.1 Å². The molecule has 1 aliphatic rings. The van der Waals surface area contributed by atoms with Gasteiger partial charge in [0.15, 0.2) is 0 Å². The molecule has 1 saturated heterocycles. The van der Waals surface area contributed by atoms with E-state index in [4.69, 9.17) is 15.3 Å².